The molecule has 3 rings (SSSR count). The number of aromatic nitrogens is 2. The van der Waals surface area contributed by atoms with Crippen molar-refractivity contribution in [1.29, 1.82) is 0 Å². The van der Waals surface area contributed by atoms with Crippen LogP contribution in [-0.4, -0.2) is 7.11 Å². The Hall–Kier alpha value is -1.60. The minimum atomic E-state index is 0.215. The van der Waals surface area contributed by atoms with Gasteiger partial charge in [0.05, 0.1) is 7.11 Å². The van der Waals surface area contributed by atoms with E-state index < -0.39 is 0 Å². The lowest BCUT2D eigenvalue weighted by Crippen LogP contribution is -2.39. The first-order chi connectivity index (χ1) is 9.54. The molecule has 102 valence electrons. The second-order valence-corrected chi connectivity index (χ2v) is 5.88. The molecule has 0 spiro atoms. The molecule has 0 aliphatic rings. The van der Waals surface area contributed by atoms with E-state index in [4.69, 9.17) is 4.74 Å². The minimum Gasteiger partial charge on any atom is -0.617 e. The fourth-order valence-electron chi connectivity index (χ4n) is 2.14. The minimum absolute atomic E-state index is 0.215. The molecule has 0 radical (unpaired) electrons. The Labute approximate surface area is 130 Å². The third-order valence-electron chi connectivity index (χ3n) is 3.07. The summed E-state index contributed by atoms with van der Waals surface area (Å²) in [5, 5.41) is 25.0. The summed E-state index contributed by atoms with van der Waals surface area (Å²) < 4.78 is 8.03. The molecule has 1 heterocycles. The molecule has 1 aromatic heterocycles. The first kappa shape index (κ1) is 13.4. The highest BCUT2D eigenvalue weighted by atomic mass is 79.9. The van der Waals surface area contributed by atoms with Crippen LogP contribution in [0.1, 0.15) is 0 Å². The van der Waals surface area contributed by atoms with E-state index in [-0.39, 0.29) is 22.1 Å². The summed E-state index contributed by atoms with van der Waals surface area (Å²) in [4.78, 5) is 0. The maximum absolute atomic E-state index is 12.5. The van der Waals surface area contributed by atoms with Gasteiger partial charge in [-0.2, -0.15) is 9.46 Å². The van der Waals surface area contributed by atoms with Crippen LogP contribution in [0.4, 0.5) is 0 Å². The number of benzene rings is 2. The van der Waals surface area contributed by atoms with E-state index in [1.165, 1.54) is 7.11 Å². The molecule has 7 heteroatoms. The highest BCUT2D eigenvalue weighted by Crippen LogP contribution is 2.28. The number of ether oxygens (including phenoxy) is 1. The van der Waals surface area contributed by atoms with Crippen LogP contribution in [0.25, 0.3) is 22.1 Å². The van der Waals surface area contributed by atoms with Gasteiger partial charge in [-0.25, -0.2) is 0 Å². The first-order valence-electron chi connectivity index (χ1n) is 5.65. The summed E-state index contributed by atoms with van der Waals surface area (Å²) in [5.74, 6) is 0.364. The second kappa shape index (κ2) is 4.75. The number of hydrogen-bond donors (Lipinski definition) is 0. The van der Waals surface area contributed by atoms with Crippen molar-refractivity contribution in [3.8, 4) is 5.75 Å². The topological polar surface area (TPSA) is 63.1 Å². The van der Waals surface area contributed by atoms with E-state index in [2.05, 4.69) is 31.9 Å². The van der Waals surface area contributed by atoms with Crippen LogP contribution in [0.3, 0.4) is 0 Å². The van der Waals surface area contributed by atoms with Crippen LogP contribution >= 0.6 is 31.9 Å². The number of methoxy groups -OCH3 is 1. The van der Waals surface area contributed by atoms with Crippen LogP contribution in [0.5, 0.6) is 5.75 Å². The molecule has 0 saturated carbocycles. The third kappa shape index (κ3) is 1.81. The van der Waals surface area contributed by atoms with Crippen LogP contribution < -0.4 is 14.2 Å². The molecule has 0 unspecified atom stereocenters. The molecule has 0 amide bonds. The zero-order valence-electron chi connectivity index (χ0n) is 10.3. The lowest BCUT2D eigenvalue weighted by Gasteiger charge is -2.10. The van der Waals surface area contributed by atoms with Gasteiger partial charge in [0.1, 0.15) is 0 Å². The summed E-state index contributed by atoms with van der Waals surface area (Å²) >= 11 is 6.67. The molecule has 0 atom stereocenters. The molecule has 0 bridgehead atoms. The van der Waals surface area contributed by atoms with Gasteiger partial charge in [-0.15, -0.1) is 0 Å². The molecule has 20 heavy (non-hydrogen) atoms. The molecule has 0 fully saturated rings. The monoisotopic (exact) mass is 398 g/mol. The lowest BCUT2D eigenvalue weighted by molar-refractivity contribution is -0.591. The van der Waals surface area contributed by atoms with Crippen molar-refractivity contribution in [3.05, 3.63) is 49.7 Å². The molecule has 2 aromatic carbocycles. The molecule has 3 aromatic rings. The summed E-state index contributed by atoms with van der Waals surface area (Å²) in [5.41, 5.74) is 1.04. The van der Waals surface area contributed by atoms with Crippen LogP contribution in [-0.2, 0) is 0 Å². The maximum Gasteiger partial charge on any atom is 0.332 e. The third-order valence-corrected chi connectivity index (χ3v) is 4.92. The van der Waals surface area contributed by atoms with Crippen LogP contribution in [0.2, 0.25) is 0 Å². The van der Waals surface area contributed by atoms with E-state index in [1.54, 1.807) is 30.3 Å². The average molecular weight is 400 g/mol. The van der Waals surface area contributed by atoms with Crippen molar-refractivity contribution in [2.75, 3.05) is 7.11 Å². The Morgan fingerprint density at radius 2 is 1.55 bits per heavy atom. The van der Waals surface area contributed by atoms with Crippen molar-refractivity contribution < 1.29 is 14.2 Å². The molecular weight excluding hydrogens is 392 g/mol. The molecule has 5 nitrogen and oxygen atoms in total. The normalized spacial score (nSPS) is 11.2. The van der Waals surface area contributed by atoms with Crippen LogP contribution in [0.15, 0.2) is 39.3 Å². The van der Waals surface area contributed by atoms with E-state index in [1.807, 2.05) is 0 Å². The number of hydrogen-bond acceptors (Lipinski definition) is 3. The van der Waals surface area contributed by atoms with Gasteiger partial charge in [0.2, 0.25) is 0 Å². The standard InChI is InChI=1S/C13H8Br2N2O3/c1-20-12-4-2-3-9-13(12)17(19)11-6-8(15)7(14)5-10(11)16(9)18/h2-6H,1H3. The summed E-state index contributed by atoms with van der Waals surface area (Å²) in [6.45, 7) is 0. The Balaban J connectivity index is 2.61. The second-order valence-electron chi connectivity index (χ2n) is 4.17. The average Bonchev–Trinajstić information content (AvgIpc) is 2.46. The number of nitrogens with zero attached hydrogens (tertiary/aromatic N) is 2. The van der Waals surface area contributed by atoms with Crippen molar-refractivity contribution in [3.63, 3.8) is 0 Å². The number of halogens is 2. The SMILES string of the molecule is COc1cccc2c1[n+]([O-])c1cc(Br)c(Br)cc1[n+]2[O-]. The predicted molar refractivity (Wildman–Crippen MR) is 81.3 cm³/mol. The highest BCUT2D eigenvalue weighted by Gasteiger charge is 2.25. The van der Waals surface area contributed by atoms with Crippen LogP contribution in [0, 0.1) is 10.4 Å². The molecule has 0 aliphatic heterocycles. The van der Waals surface area contributed by atoms with E-state index in [9.17, 15) is 10.4 Å². The molecule has 0 saturated heterocycles. The van der Waals surface area contributed by atoms with Gasteiger partial charge in [-0.05, 0) is 37.9 Å². The largest absolute Gasteiger partial charge is 0.617 e. The molecular formula is C13H8Br2N2O3. The fourth-order valence-corrected chi connectivity index (χ4v) is 2.81. The summed E-state index contributed by atoms with van der Waals surface area (Å²) in [6.07, 6.45) is 0. The van der Waals surface area contributed by atoms with Gasteiger partial charge < -0.3 is 15.2 Å². The van der Waals surface area contributed by atoms with Gasteiger partial charge >= 0.3 is 5.52 Å². The van der Waals surface area contributed by atoms with Gasteiger partial charge in [0, 0.05) is 27.1 Å². The lowest BCUT2D eigenvalue weighted by atomic mass is 10.2. The van der Waals surface area contributed by atoms with E-state index in [0.717, 1.165) is 9.46 Å². The molecule has 0 N–H and O–H groups in total. The molecule has 0 aliphatic carbocycles. The predicted octanol–water partition coefficient (Wildman–Crippen LogP) is 2.79. The van der Waals surface area contributed by atoms with Crippen molar-refractivity contribution >= 4 is 53.9 Å². The zero-order chi connectivity index (χ0) is 14.4. The van der Waals surface area contributed by atoms with E-state index in [0.29, 0.717) is 14.7 Å². The van der Waals surface area contributed by atoms with Crippen molar-refractivity contribution in [1.82, 2.24) is 0 Å². The van der Waals surface area contributed by atoms with Gasteiger partial charge in [0.15, 0.2) is 5.75 Å². The Morgan fingerprint density at radius 1 is 0.950 bits per heavy atom. The Bertz CT molecular complexity index is 852. The highest BCUT2D eigenvalue weighted by molar-refractivity contribution is 9.13. The number of rotatable bonds is 1. The number of para-hydroxylation sites is 1. The number of fused-ring (bicyclic) bond motifs is 2. The zero-order valence-corrected chi connectivity index (χ0v) is 13.4. The maximum atomic E-state index is 12.5. The fraction of sp³-hybridized carbons (Fsp3) is 0.0769. The van der Waals surface area contributed by atoms with Gasteiger partial charge in [0.25, 0.3) is 16.6 Å². The Kier molecular flexibility index (Phi) is 3.18. The smallest absolute Gasteiger partial charge is 0.332 e. The van der Waals surface area contributed by atoms with Gasteiger partial charge in [-0.1, -0.05) is 6.07 Å². The quantitative estimate of drug-likeness (QED) is 0.359. The van der Waals surface area contributed by atoms with Gasteiger partial charge in [-0.3, -0.25) is 0 Å². The van der Waals surface area contributed by atoms with E-state index >= 15 is 0 Å². The first-order valence-corrected chi connectivity index (χ1v) is 7.23. The summed E-state index contributed by atoms with van der Waals surface area (Å²) in [6, 6.07) is 8.13. The van der Waals surface area contributed by atoms with Crippen molar-refractivity contribution in [2.45, 2.75) is 0 Å². The van der Waals surface area contributed by atoms with Crippen molar-refractivity contribution in [2.24, 2.45) is 0 Å². The Morgan fingerprint density at radius 3 is 2.15 bits per heavy atom. The summed E-state index contributed by atoms with van der Waals surface area (Å²) in [7, 11) is 1.46.